The lowest BCUT2D eigenvalue weighted by molar-refractivity contribution is 0.0305. The van der Waals surface area contributed by atoms with E-state index in [1.54, 1.807) is 24.3 Å². The average Bonchev–Trinajstić information content (AvgIpc) is 2.40. The van der Waals surface area contributed by atoms with Crippen LogP contribution in [0, 0.1) is 0 Å². The maximum absolute atomic E-state index is 12.2. The predicted molar refractivity (Wildman–Crippen MR) is 73.3 cm³/mol. The molecule has 1 saturated heterocycles. The Morgan fingerprint density at radius 1 is 1.26 bits per heavy atom. The summed E-state index contributed by atoms with van der Waals surface area (Å²) < 4.78 is 35.3. The molecule has 1 atom stereocenters. The van der Waals surface area contributed by atoms with Crippen LogP contribution >= 0.6 is 0 Å². The highest BCUT2D eigenvalue weighted by Gasteiger charge is 2.23. The highest BCUT2D eigenvalue weighted by Crippen LogP contribution is 2.21. The average molecular weight is 284 g/mol. The molecule has 0 spiro atoms. The molecule has 0 bridgehead atoms. The van der Waals surface area contributed by atoms with Gasteiger partial charge in [0.1, 0.15) is 5.75 Å². The van der Waals surface area contributed by atoms with E-state index in [0.29, 0.717) is 23.9 Å². The van der Waals surface area contributed by atoms with Gasteiger partial charge in [-0.05, 0) is 50.5 Å². The van der Waals surface area contributed by atoms with Gasteiger partial charge in [-0.3, -0.25) is 0 Å². The first-order valence-electron chi connectivity index (χ1n) is 6.69. The number of sulfone groups is 1. The summed E-state index contributed by atoms with van der Waals surface area (Å²) in [6.45, 7) is 3.14. The Balaban J connectivity index is 2.05. The fourth-order valence-corrected chi connectivity index (χ4v) is 3.69. The molecule has 0 radical (unpaired) electrons. The van der Waals surface area contributed by atoms with Crippen molar-refractivity contribution in [3.05, 3.63) is 24.3 Å². The number of ether oxygens (including phenoxy) is 2. The minimum atomic E-state index is -3.27. The van der Waals surface area contributed by atoms with Crippen LogP contribution in [-0.2, 0) is 14.6 Å². The molecule has 0 unspecified atom stereocenters. The third-order valence-corrected chi connectivity index (χ3v) is 4.97. The van der Waals surface area contributed by atoms with Crippen molar-refractivity contribution < 1.29 is 17.9 Å². The van der Waals surface area contributed by atoms with Crippen LogP contribution < -0.4 is 4.74 Å². The van der Waals surface area contributed by atoms with E-state index in [0.717, 1.165) is 19.3 Å². The maximum atomic E-state index is 12.2. The molecule has 0 aromatic heterocycles. The molecule has 0 amide bonds. The minimum Gasteiger partial charge on any atom is -0.494 e. The number of benzene rings is 1. The van der Waals surface area contributed by atoms with Crippen molar-refractivity contribution in [1.82, 2.24) is 0 Å². The summed E-state index contributed by atoms with van der Waals surface area (Å²) in [5, 5.41) is 0. The van der Waals surface area contributed by atoms with E-state index in [9.17, 15) is 8.42 Å². The van der Waals surface area contributed by atoms with Crippen molar-refractivity contribution >= 4 is 9.84 Å². The zero-order valence-corrected chi connectivity index (χ0v) is 12.0. The molecule has 0 saturated carbocycles. The highest BCUT2D eigenvalue weighted by atomic mass is 32.2. The Morgan fingerprint density at radius 2 is 2.00 bits per heavy atom. The third kappa shape index (κ3) is 3.94. The first-order chi connectivity index (χ1) is 9.12. The molecule has 5 heteroatoms. The molecule has 19 heavy (non-hydrogen) atoms. The van der Waals surface area contributed by atoms with Crippen LogP contribution in [0.4, 0.5) is 0 Å². The lowest BCUT2D eigenvalue weighted by Gasteiger charge is -2.22. The van der Waals surface area contributed by atoms with Gasteiger partial charge in [0.25, 0.3) is 0 Å². The smallest absolute Gasteiger partial charge is 0.180 e. The van der Waals surface area contributed by atoms with E-state index < -0.39 is 9.84 Å². The van der Waals surface area contributed by atoms with Crippen LogP contribution in [-0.4, -0.2) is 33.5 Å². The van der Waals surface area contributed by atoms with E-state index in [2.05, 4.69) is 0 Å². The second kappa shape index (κ2) is 6.39. The molecular formula is C14H20O4S. The van der Waals surface area contributed by atoms with Crippen molar-refractivity contribution in [2.24, 2.45) is 0 Å². The fraction of sp³-hybridized carbons (Fsp3) is 0.571. The summed E-state index contributed by atoms with van der Waals surface area (Å²) >= 11 is 0. The Hall–Kier alpha value is -1.07. The van der Waals surface area contributed by atoms with Gasteiger partial charge in [0.15, 0.2) is 9.84 Å². The van der Waals surface area contributed by atoms with Crippen LogP contribution in [0.1, 0.15) is 26.2 Å². The predicted octanol–water partition coefficient (Wildman–Crippen LogP) is 2.43. The molecule has 1 aromatic rings. The number of hydrogen-bond donors (Lipinski definition) is 0. The lowest BCUT2D eigenvalue weighted by Crippen LogP contribution is -2.27. The van der Waals surface area contributed by atoms with Crippen molar-refractivity contribution in [3.63, 3.8) is 0 Å². The summed E-state index contributed by atoms with van der Waals surface area (Å²) in [6, 6.07) is 6.59. The zero-order chi connectivity index (χ0) is 13.7. The van der Waals surface area contributed by atoms with E-state index in [4.69, 9.17) is 9.47 Å². The van der Waals surface area contributed by atoms with E-state index in [-0.39, 0.29) is 11.9 Å². The Kier molecular flexibility index (Phi) is 4.82. The van der Waals surface area contributed by atoms with Crippen LogP contribution in [0.5, 0.6) is 5.75 Å². The van der Waals surface area contributed by atoms with E-state index in [1.807, 2.05) is 6.92 Å². The number of hydrogen-bond acceptors (Lipinski definition) is 4. The summed E-state index contributed by atoms with van der Waals surface area (Å²) in [5.41, 5.74) is 0. The van der Waals surface area contributed by atoms with Gasteiger partial charge < -0.3 is 9.47 Å². The largest absolute Gasteiger partial charge is 0.494 e. The molecule has 0 N–H and O–H groups in total. The normalized spacial score (nSPS) is 20.2. The Bertz CT molecular complexity index is 487. The second-order valence-electron chi connectivity index (χ2n) is 4.67. The van der Waals surface area contributed by atoms with Crippen molar-refractivity contribution in [1.29, 1.82) is 0 Å². The molecule has 1 aliphatic rings. The van der Waals surface area contributed by atoms with Gasteiger partial charge in [-0.15, -0.1) is 0 Å². The third-order valence-electron chi connectivity index (χ3n) is 3.17. The van der Waals surface area contributed by atoms with E-state index in [1.165, 1.54) is 0 Å². The van der Waals surface area contributed by atoms with E-state index >= 15 is 0 Å². The lowest BCUT2D eigenvalue weighted by atomic mass is 10.1. The summed E-state index contributed by atoms with van der Waals surface area (Å²) in [6.07, 6.45) is 2.74. The minimum absolute atomic E-state index is 0.0704. The topological polar surface area (TPSA) is 52.6 Å². The van der Waals surface area contributed by atoms with Gasteiger partial charge in [-0.1, -0.05) is 0 Å². The molecule has 106 valence electrons. The molecule has 2 rings (SSSR count). The molecule has 1 heterocycles. The molecule has 0 aliphatic carbocycles. The van der Waals surface area contributed by atoms with Gasteiger partial charge >= 0.3 is 0 Å². The fourth-order valence-electron chi connectivity index (χ4n) is 2.19. The summed E-state index contributed by atoms with van der Waals surface area (Å²) in [7, 11) is -3.27. The molecule has 4 nitrogen and oxygen atoms in total. The van der Waals surface area contributed by atoms with Crippen LogP contribution in [0.25, 0.3) is 0 Å². The molecular weight excluding hydrogens is 264 g/mol. The van der Waals surface area contributed by atoms with Crippen molar-refractivity contribution in [3.8, 4) is 5.75 Å². The van der Waals surface area contributed by atoms with Crippen molar-refractivity contribution in [2.75, 3.05) is 19.0 Å². The van der Waals surface area contributed by atoms with Gasteiger partial charge in [-0.2, -0.15) is 0 Å². The monoisotopic (exact) mass is 284 g/mol. The quantitative estimate of drug-likeness (QED) is 0.833. The zero-order valence-electron chi connectivity index (χ0n) is 11.2. The summed E-state index contributed by atoms with van der Waals surface area (Å²) in [5.74, 6) is 0.761. The SMILES string of the molecule is CCOc1ccc(S(=O)(=O)C[C@H]2CCCCO2)cc1. The van der Waals surface area contributed by atoms with Crippen LogP contribution in [0.2, 0.25) is 0 Å². The van der Waals surface area contributed by atoms with Crippen LogP contribution in [0.15, 0.2) is 29.2 Å². The van der Waals surface area contributed by atoms with Gasteiger partial charge in [-0.25, -0.2) is 8.42 Å². The highest BCUT2D eigenvalue weighted by molar-refractivity contribution is 7.91. The standard InChI is InChI=1S/C14H20O4S/c1-2-17-12-6-8-14(9-7-12)19(15,16)11-13-5-3-4-10-18-13/h6-9,13H,2-5,10-11H2,1H3/t13-/m1/s1. The number of rotatable bonds is 5. The van der Waals surface area contributed by atoms with Gasteiger partial charge in [0, 0.05) is 6.61 Å². The maximum Gasteiger partial charge on any atom is 0.180 e. The second-order valence-corrected chi connectivity index (χ2v) is 6.71. The Labute approximate surface area is 114 Å². The van der Waals surface area contributed by atoms with Crippen molar-refractivity contribution in [2.45, 2.75) is 37.2 Å². The molecule has 1 fully saturated rings. The van der Waals surface area contributed by atoms with Gasteiger partial charge in [0.05, 0.1) is 23.4 Å². The Morgan fingerprint density at radius 3 is 2.58 bits per heavy atom. The van der Waals surface area contributed by atoms with Gasteiger partial charge in [0.2, 0.25) is 0 Å². The first-order valence-corrected chi connectivity index (χ1v) is 8.34. The molecule has 1 aliphatic heterocycles. The molecule has 1 aromatic carbocycles. The van der Waals surface area contributed by atoms with Crippen LogP contribution in [0.3, 0.4) is 0 Å². The summed E-state index contributed by atoms with van der Waals surface area (Å²) in [4.78, 5) is 0.338. The first kappa shape index (κ1) is 14.3.